The Labute approximate surface area is 155 Å². The average molecular weight is 372 g/mol. The number of nitrogens with one attached hydrogen (secondary N) is 2. The van der Waals surface area contributed by atoms with Crippen LogP contribution in [0.4, 0.5) is 0 Å². The molecule has 0 aliphatic carbocycles. The maximum atomic E-state index is 12.1. The summed E-state index contributed by atoms with van der Waals surface area (Å²) in [6.45, 7) is 0.235. The molecule has 0 aromatic heterocycles. The molecule has 0 saturated heterocycles. The molecule has 2 aromatic carbocycles. The molecule has 2 aromatic rings. The summed E-state index contributed by atoms with van der Waals surface area (Å²) in [6, 6.07) is 10.1. The topological polar surface area (TPSA) is 136 Å². The van der Waals surface area contributed by atoms with Gasteiger partial charge < -0.3 is 26.0 Å². The van der Waals surface area contributed by atoms with Crippen LogP contribution in [0.1, 0.15) is 33.6 Å². The van der Waals surface area contributed by atoms with Gasteiger partial charge in [0, 0.05) is 17.7 Å². The van der Waals surface area contributed by atoms with Gasteiger partial charge in [0.2, 0.25) is 0 Å². The number of aromatic hydroxyl groups is 2. The molecular weight excluding hydrogens is 352 g/mol. The summed E-state index contributed by atoms with van der Waals surface area (Å²) < 4.78 is 0. The Bertz CT molecular complexity index is 802. The molecule has 0 fully saturated rings. The Morgan fingerprint density at radius 2 is 1.30 bits per heavy atom. The molecule has 0 spiro atoms. The minimum absolute atomic E-state index is 0.00528. The first kappa shape index (κ1) is 19.8. The van der Waals surface area contributed by atoms with Gasteiger partial charge in [-0.3, -0.25) is 9.59 Å². The number of carboxylic acid groups (broad SMARTS) is 1. The predicted molar refractivity (Wildman–Crippen MR) is 96.7 cm³/mol. The van der Waals surface area contributed by atoms with E-state index in [1.54, 1.807) is 0 Å². The summed E-state index contributed by atoms with van der Waals surface area (Å²) in [5.74, 6) is -2.01. The SMILES string of the molecule is O=C(NCCC[C@H](NC(=O)c1ccc(O)cc1)C(=O)O)c1ccc(O)cc1. The van der Waals surface area contributed by atoms with Crippen LogP contribution in [0.2, 0.25) is 0 Å². The van der Waals surface area contributed by atoms with Crippen LogP contribution >= 0.6 is 0 Å². The quantitative estimate of drug-likeness (QED) is 0.446. The van der Waals surface area contributed by atoms with Gasteiger partial charge in [0.1, 0.15) is 17.5 Å². The number of carbonyl (C=O) groups is 3. The third-order valence-corrected chi connectivity index (χ3v) is 3.82. The van der Waals surface area contributed by atoms with Gasteiger partial charge in [0.15, 0.2) is 0 Å². The Morgan fingerprint density at radius 3 is 1.78 bits per heavy atom. The van der Waals surface area contributed by atoms with Crippen molar-refractivity contribution in [2.24, 2.45) is 0 Å². The zero-order valence-corrected chi connectivity index (χ0v) is 14.4. The summed E-state index contributed by atoms with van der Waals surface area (Å²) in [5, 5.41) is 32.7. The lowest BCUT2D eigenvalue weighted by atomic mass is 10.1. The predicted octanol–water partition coefficient (Wildman–Crippen LogP) is 1.49. The Morgan fingerprint density at radius 1 is 0.815 bits per heavy atom. The zero-order valence-electron chi connectivity index (χ0n) is 14.4. The average Bonchev–Trinajstić information content (AvgIpc) is 2.64. The van der Waals surface area contributed by atoms with E-state index in [0.29, 0.717) is 12.0 Å². The summed E-state index contributed by atoms with van der Waals surface area (Å²) in [4.78, 5) is 35.3. The van der Waals surface area contributed by atoms with E-state index >= 15 is 0 Å². The number of benzene rings is 2. The fraction of sp³-hybridized carbons (Fsp3) is 0.211. The lowest BCUT2D eigenvalue weighted by Gasteiger charge is -2.15. The largest absolute Gasteiger partial charge is 0.508 e. The van der Waals surface area contributed by atoms with E-state index < -0.39 is 17.9 Å². The summed E-state index contributed by atoms with van der Waals surface area (Å²) in [6.07, 6.45) is 0.478. The van der Waals surface area contributed by atoms with Gasteiger partial charge in [-0.25, -0.2) is 4.79 Å². The molecule has 2 amide bonds. The molecule has 1 atom stereocenters. The Balaban J connectivity index is 1.81. The van der Waals surface area contributed by atoms with E-state index in [4.69, 9.17) is 0 Å². The number of rotatable bonds is 8. The summed E-state index contributed by atoms with van der Waals surface area (Å²) >= 11 is 0. The van der Waals surface area contributed by atoms with Crippen molar-refractivity contribution < 1.29 is 29.7 Å². The summed E-state index contributed by atoms with van der Waals surface area (Å²) in [7, 11) is 0. The van der Waals surface area contributed by atoms with Crippen LogP contribution in [0.25, 0.3) is 0 Å². The van der Waals surface area contributed by atoms with Gasteiger partial charge in [-0.05, 0) is 61.4 Å². The highest BCUT2D eigenvalue weighted by atomic mass is 16.4. The van der Waals surface area contributed by atoms with Crippen LogP contribution in [-0.2, 0) is 4.79 Å². The number of amides is 2. The lowest BCUT2D eigenvalue weighted by Crippen LogP contribution is -2.41. The van der Waals surface area contributed by atoms with Crippen LogP contribution < -0.4 is 10.6 Å². The van der Waals surface area contributed by atoms with Crippen molar-refractivity contribution in [2.45, 2.75) is 18.9 Å². The van der Waals surface area contributed by atoms with E-state index in [9.17, 15) is 29.7 Å². The molecule has 8 nitrogen and oxygen atoms in total. The van der Waals surface area contributed by atoms with Crippen molar-refractivity contribution in [3.8, 4) is 11.5 Å². The lowest BCUT2D eigenvalue weighted by molar-refractivity contribution is -0.139. The monoisotopic (exact) mass is 372 g/mol. The van der Waals surface area contributed by atoms with Crippen molar-refractivity contribution in [2.75, 3.05) is 6.54 Å². The van der Waals surface area contributed by atoms with Crippen LogP contribution in [-0.4, -0.2) is 45.7 Å². The molecule has 0 bridgehead atoms. The number of phenolic OH excluding ortho intramolecular Hbond substituents is 2. The van der Waals surface area contributed by atoms with Gasteiger partial charge in [0.25, 0.3) is 11.8 Å². The van der Waals surface area contributed by atoms with Crippen molar-refractivity contribution in [1.82, 2.24) is 10.6 Å². The van der Waals surface area contributed by atoms with Crippen molar-refractivity contribution in [3.05, 3.63) is 59.7 Å². The van der Waals surface area contributed by atoms with Crippen molar-refractivity contribution >= 4 is 17.8 Å². The molecule has 0 aliphatic rings. The first-order valence-corrected chi connectivity index (χ1v) is 8.27. The van der Waals surface area contributed by atoms with Crippen LogP contribution in [0.5, 0.6) is 11.5 Å². The molecule has 142 valence electrons. The second-order valence-corrected chi connectivity index (χ2v) is 5.86. The first-order valence-electron chi connectivity index (χ1n) is 8.27. The van der Waals surface area contributed by atoms with E-state index in [2.05, 4.69) is 10.6 Å². The number of carbonyl (C=O) groups excluding carboxylic acids is 2. The highest BCUT2D eigenvalue weighted by molar-refractivity contribution is 5.96. The normalized spacial score (nSPS) is 11.4. The molecule has 2 rings (SSSR count). The van der Waals surface area contributed by atoms with E-state index in [1.165, 1.54) is 48.5 Å². The fourth-order valence-corrected chi connectivity index (χ4v) is 2.33. The minimum atomic E-state index is -1.17. The van der Waals surface area contributed by atoms with Gasteiger partial charge >= 0.3 is 5.97 Å². The number of carboxylic acids is 1. The third-order valence-electron chi connectivity index (χ3n) is 3.82. The number of hydrogen-bond acceptors (Lipinski definition) is 5. The first-order chi connectivity index (χ1) is 12.9. The number of hydrogen-bond donors (Lipinski definition) is 5. The molecule has 8 heteroatoms. The second-order valence-electron chi connectivity index (χ2n) is 5.86. The third kappa shape index (κ3) is 6.03. The van der Waals surface area contributed by atoms with Crippen LogP contribution in [0.3, 0.4) is 0 Å². The molecule has 0 unspecified atom stereocenters. The molecule has 0 heterocycles. The van der Waals surface area contributed by atoms with E-state index in [1.807, 2.05) is 0 Å². The van der Waals surface area contributed by atoms with Gasteiger partial charge in [0.05, 0.1) is 0 Å². The van der Waals surface area contributed by atoms with Gasteiger partial charge in [-0.1, -0.05) is 0 Å². The van der Waals surface area contributed by atoms with Crippen molar-refractivity contribution in [1.29, 1.82) is 0 Å². The van der Waals surface area contributed by atoms with Crippen LogP contribution in [0.15, 0.2) is 48.5 Å². The van der Waals surface area contributed by atoms with Gasteiger partial charge in [-0.15, -0.1) is 0 Å². The highest BCUT2D eigenvalue weighted by Crippen LogP contribution is 2.11. The maximum absolute atomic E-state index is 12.1. The van der Waals surface area contributed by atoms with E-state index in [-0.39, 0.29) is 35.9 Å². The maximum Gasteiger partial charge on any atom is 0.326 e. The Kier molecular flexibility index (Phi) is 6.76. The van der Waals surface area contributed by atoms with Gasteiger partial charge in [-0.2, -0.15) is 0 Å². The summed E-state index contributed by atoms with van der Waals surface area (Å²) in [5.41, 5.74) is 0.614. The molecule has 0 saturated carbocycles. The standard InChI is InChI=1S/C19H20N2O6/c22-14-7-3-12(4-8-14)17(24)20-11-1-2-16(19(26)27)21-18(25)13-5-9-15(23)10-6-13/h3-10,16,22-23H,1-2,11H2,(H,20,24)(H,21,25)(H,26,27)/t16-/m0/s1. The molecule has 0 radical (unpaired) electrons. The molecular formula is C19H20N2O6. The Hall–Kier alpha value is -3.55. The second kappa shape index (κ2) is 9.23. The minimum Gasteiger partial charge on any atom is -0.508 e. The number of aliphatic carboxylic acids is 1. The number of phenols is 2. The smallest absolute Gasteiger partial charge is 0.326 e. The van der Waals surface area contributed by atoms with Crippen molar-refractivity contribution in [3.63, 3.8) is 0 Å². The molecule has 5 N–H and O–H groups in total. The zero-order chi connectivity index (χ0) is 19.8. The molecule has 27 heavy (non-hydrogen) atoms. The van der Waals surface area contributed by atoms with E-state index in [0.717, 1.165) is 0 Å². The highest BCUT2D eigenvalue weighted by Gasteiger charge is 2.20. The van der Waals surface area contributed by atoms with Crippen LogP contribution in [0, 0.1) is 0 Å². The fourth-order valence-electron chi connectivity index (χ4n) is 2.33. The molecule has 0 aliphatic heterocycles.